The smallest absolute Gasteiger partial charge is 0.343 e. The van der Waals surface area contributed by atoms with E-state index in [1.165, 1.54) is 57.8 Å². The number of ether oxygens (including phenoxy) is 4. The van der Waals surface area contributed by atoms with Crippen LogP contribution in [0.5, 0.6) is 17.2 Å². The minimum atomic E-state index is -0.503. The van der Waals surface area contributed by atoms with Crippen molar-refractivity contribution < 1.29 is 28.5 Å². The molecule has 0 atom stereocenters. The zero-order valence-corrected chi connectivity index (χ0v) is 20.4. The Kier molecular flexibility index (Phi) is 6.30. The summed E-state index contributed by atoms with van der Waals surface area (Å²) in [5.74, 6) is 2.73. The summed E-state index contributed by atoms with van der Waals surface area (Å²) >= 11 is 0. The maximum Gasteiger partial charge on any atom is 0.343 e. The van der Waals surface area contributed by atoms with Gasteiger partial charge in [-0.1, -0.05) is 12.7 Å². The molecule has 0 unspecified atom stereocenters. The SMILES string of the molecule is C=CCOC(=O)c1ccc(OC(=O)c2ccc(OC)c(C34CC5CC(CC(C5)C3)C4)c2)c(OC)c1. The van der Waals surface area contributed by atoms with Crippen molar-refractivity contribution in [3.05, 3.63) is 65.7 Å². The topological polar surface area (TPSA) is 71.1 Å². The first-order valence-corrected chi connectivity index (χ1v) is 12.3. The number of esters is 2. The van der Waals surface area contributed by atoms with Crippen LogP contribution in [0, 0.1) is 17.8 Å². The van der Waals surface area contributed by atoms with Crippen LogP contribution in [0.25, 0.3) is 0 Å². The van der Waals surface area contributed by atoms with E-state index in [2.05, 4.69) is 6.58 Å². The zero-order valence-electron chi connectivity index (χ0n) is 20.4. The molecule has 4 aliphatic carbocycles. The van der Waals surface area contributed by atoms with Crippen LogP contribution in [0.2, 0.25) is 0 Å². The third-order valence-electron chi connectivity index (χ3n) is 7.98. The van der Waals surface area contributed by atoms with E-state index in [0.29, 0.717) is 11.1 Å². The molecule has 6 rings (SSSR count). The number of hydrogen-bond donors (Lipinski definition) is 0. The Morgan fingerprint density at radius 3 is 2.00 bits per heavy atom. The molecule has 6 heteroatoms. The minimum absolute atomic E-state index is 0.0848. The third kappa shape index (κ3) is 4.42. The van der Waals surface area contributed by atoms with Gasteiger partial charge in [-0.3, -0.25) is 0 Å². The standard InChI is InChI=1S/C29H32O6/c1-4-9-34-27(30)22-6-8-25(26(14-22)33-3)35-28(31)21-5-7-24(32-2)23(13-21)29-15-18-10-19(16-29)12-20(11-18)17-29/h4-8,13-14,18-20H,1,9-12,15-17H2,2-3H3. The van der Waals surface area contributed by atoms with Gasteiger partial charge in [0.2, 0.25) is 0 Å². The van der Waals surface area contributed by atoms with Gasteiger partial charge in [-0.25, -0.2) is 9.59 Å². The van der Waals surface area contributed by atoms with Crippen LogP contribution >= 0.6 is 0 Å². The summed E-state index contributed by atoms with van der Waals surface area (Å²) in [5.41, 5.74) is 2.01. The summed E-state index contributed by atoms with van der Waals surface area (Å²) < 4.78 is 21.9. The van der Waals surface area contributed by atoms with Crippen molar-refractivity contribution in [2.75, 3.05) is 20.8 Å². The van der Waals surface area contributed by atoms with E-state index in [9.17, 15) is 9.59 Å². The monoisotopic (exact) mass is 476 g/mol. The van der Waals surface area contributed by atoms with Gasteiger partial charge in [-0.2, -0.15) is 0 Å². The summed E-state index contributed by atoms with van der Waals surface area (Å²) in [6, 6.07) is 10.2. The van der Waals surface area contributed by atoms with Gasteiger partial charge >= 0.3 is 11.9 Å². The van der Waals surface area contributed by atoms with Crippen LogP contribution in [-0.4, -0.2) is 32.8 Å². The first-order chi connectivity index (χ1) is 16.9. The summed E-state index contributed by atoms with van der Waals surface area (Å²) in [5, 5.41) is 0. The van der Waals surface area contributed by atoms with Gasteiger partial charge in [0, 0.05) is 5.56 Å². The summed E-state index contributed by atoms with van der Waals surface area (Å²) in [4.78, 5) is 25.3. The van der Waals surface area contributed by atoms with Gasteiger partial charge in [0.05, 0.1) is 25.3 Å². The van der Waals surface area contributed by atoms with E-state index in [0.717, 1.165) is 29.1 Å². The van der Waals surface area contributed by atoms with Crippen molar-refractivity contribution in [1.29, 1.82) is 0 Å². The number of hydrogen-bond acceptors (Lipinski definition) is 6. The van der Waals surface area contributed by atoms with Crippen LogP contribution in [0.3, 0.4) is 0 Å². The summed E-state index contributed by atoms with van der Waals surface area (Å²) in [6.07, 6.45) is 9.06. The Balaban J connectivity index is 1.40. The third-order valence-corrected chi connectivity index (χ3v) is 7.98. The van der Waals surface area contributed by atoms with E-state index in [1.54, 1.807) is 25.3 Å². The van der Waals surface area contributed by atoms with Gasteiger partial charge in [-0.05, 0) is 98.1 Å². The van der Waals surface area contributed by atoms with E-state index >= 15 is 0 Å². The first-order valence-electron chi connectivity index (χ1n) is 12.3. The molecule has 4 bridgehead atoms. The van der Waals surface area contributed by atoms with Crippen molar-refractivity contribution in [1.82, 2.24) is 0 Å². The fraction of sp³-hybridized carbons (Fsp3) is 0.448. The van der Waals surface area contributed by atoms with Crippen LogP contribution in [0.4, 0.5) is 0 Å². The van der Waals surface area contributed by atoms with Gasteiger partial charge in [0.25, 0.3) is 0 Å². The van der Waals surface area contributed by atoms with E-state index in [4.69, 9.17) is 18.9 Å². The molecular weight excluding hydrogens is 444 g/mol. The number of rotatable bonds is 8. The second-order valence-electron chi connectivity index (χ2n) is 10.3. The summed E-state index contributed by atoms with van der Waals surface area (Å²) in [7, 11) is 3.16. The Labute approximate surface area is 206 Å². The number of methoxy groups -OCH3 is 2. The fourth-order valence-corrected chi connectivity index (χ4v) is 6.95. The molecular formula is C29H32O6. The molecule has 0 spiro atoms. The summed E-state index contributed by atoms with van der Waals surface area (Å²) in [6.45, 7) is 3.65. The van der Waals surface area contributed by atoms with Crippen LogP contribution in [0.1, 0.15) is 64.8 Å². The number of carbonyl (C=O) groups is 2. The number of carbonyl (C=O) groups excluding carboxylic acids is 2. The van der Waals surface area contributed by atoms with Crippen LogP contribution in [0.15, 0.2) is 49.1 Å². The Morgan fingerprint density at radius 1 is 0.857 bits per heavy atom. The fourth-order valence-electron chi connectivity index (χ4n) is 6.95. The van der Waals surface area contributed by atoms with Crippen molar-refractivity contribution in [2.45, 2.75) is 43.9 Å². The predicted octanol–water partition coefficient (Wildman–Crippen LogP) is 5.73. The van der Waals surface area contributed by atoms with E-state index in [-0.39, 0.29) is 23.5 Å². The highest BCUT2D eigenvalue weighted by molar-refractivity contribution is 5.93. The van der Waals surface area contributed by atoms with Crippen molar-refractivity contribution in [3.8, 4) is 17.2 Å². The average molecular weight is 477 g/mol. The quantitative estimate of drug-likeness (QED) is 0.275. The van der Waals surface area contributed by atoms with Crippen molar-refractivity contribution in [3.63, 3.8) is 0 Å². The molecule has 0 aromatic heterocycles. The lowest BCUT2D eigenvalue weighted by Crippen LogP contribution is -2.48. The average Bonchev–Trinajstić information content (AvgIpc) is 2.86. The van der Waals surface area contributed by atoms with Crippen molar-refractivity contribution in [2.24, 2.45) is 17.8 Å². The molecule has 0 radical (unpaired) electrons. The van der Waals surface area contributed by atoms with Gasteiger partial charge < -0.3 is 18.9 Å². The van der Waals surface area contributed by atoms with Crippen LogP contribution < -0.4 is 14.2 Å². The highest BCUT2D eigenvalue weighted by Gasteiger charge is 2.52. The maximum absolute atomic E-state index is 13.2. The Morgan fingerprint density at radius 2 is 1.43 bits per heavy atom. The minimum Gasteiger partial charge on any atom is -0.496 e. The lowest BCUT2D eigenvalue weighted by molar-refractivity contribution is -0.00618. The largest absolute Gasteiger partial charge is 0.496 e. The molecule has 0 N–H and O–H groups in total. The van der Waals surface area contributed by atoms with Gasteiger partial charge in [-0.15, -0.1) is 0 Å². The molecule has 35 heavy (non-hydrogen) atoms. The molecule has 0 aliphatic heterocycles. The normalized spacial score (nSPS) is 26.2. The van der Waals surface area contributed by atoms with Gasteiger partial charge in [0.15, 0.2) is 11.5 Å². The lowest BCUT2D eigenvalue weighted by atomic mass is 9.48. The van der Waals surface area contributed by atoms with Crippen molar-refractivity contribution >= 4 is 11.9 Å². The van der Waals surface area contributed by atoms with E-state index in [1.807, 2.05) is 12.1 Å². The molecule has 2 aromatic rings. The predicted molar refractivity (Wildman–Crippen MR) is 131 cm³/mol. The lowest BCUT2D eigenvalue weighted by Gasteiger charge is -2.57. The Hall–Kier alpha value is -3.28. The highest BCUT2D eigenvalue weighted by Crippen LogP contribution is 2.62. The molecule has 4 aliphatic rings. The first kappa shape index (κ1) is 23.5. The maximum atomic E-state index is 13.2. The highest BCUT2D eigenvalue weighted by atomic mass is 16.6. The second kappa shape index (κ2) is 9.40. The molecule has 4 fully saturated rings. The molecule has 0 heterocycles. The molecule has 4 saturated carbocycles. The number of benzene rings is 2. The van der Waals surface area contributed by atoms with Gasteiger partial charge in [0.1, 0.15) is 12.4 Å². The molecule has 0 amide bonds. The Bertz CT molecular complexity index is 1110. The van der Waals surface area contributed by atoms with Crippen LogP contribution in [-0.2, 0) is 10.2 Å². The molecule has 184 valence electrons. The molecule has 6 nitrogen and oxygen atoms in total. The second-order valence-corrected chi connectivity index (χ2v) is 10.3. The zero-order chi connectivity index (χ0) is 24.6. The van der Waals surface area contributed by atoms with E-state index < -0.39 is 11.9 Å². The molecule has 0 saturated heterocycles. The molecule has 2 aromatic carbocycles.